The summed E-state index contributed by atoms with van der Waals surface area (Å²) in [6, 6.07) is 85.0. The van der Waals surface area contributed by atoms with Crippen molar-refractivity contribution < 1.29 is 19.5 Å². The molecule has 3 heteroatoms. The van der Waals surface area contributed by atoms with Gasteiger partial charge in [-0.1, -0.05) is 279 Å². The summed E-state index contributed by atoms with van der Waals surface area (Å²) in [6.07, 6.45) is 24.8. The number of hydrogen-bond acceptors (Lipinski definition) is 0. The van der Waals surface area contributed by atoms with Crippen LogP contribution in [0.5, 0.6) is 0 Å². The van der Waals surface area contributed by atoms with Gasteiger partial charge in [-0.25, -0.2) is 0 Å². The second kappa shape index (κ2) is 27.6. The summed E-state index contributed by atoms with van der Waals surface area (Å²) in [5.74, 6) is 4.58. The molecule has 1 fully saturated rings. The molecule has 0 amide bonds. The van der Waals surface area contributed by atoms with Crippen LogP contribution in [-0.2, 0) is 24.9 Å². The molecule has 10 rings (SSSR count). The van der Waals surface area contributed by atoms with Crippen LogP contribution in [0, 0.1) is 24.2 Å². The smallest absolute Gasteiger partial charge is 0.692 e. The predicted octanol–water partition coefficient (Wildman–Crippen LogP) is 13.9. The van der Waals surface area contributed by atoms with Crippen LogP contribution in [0.1, 0.15) is 43.2 Å². The first kappa shape index (κ1) is 50.4. The normalized spacial score (nSPS) is 14.3. The summed E-state index contributed by atoms with van der Waals surface area (Å²) in [4.78, 5) is 0. The minimum Gasteiger partial charge on any atom is -0.692 e. The molecule has 0 aliphatic heterocycles. The van der Waals surface area contributed by atoms with Crippen molar-refractivity contribution in [3.63, 3.8) is 0 Å². The van der Waals surface area contributed by atoms with Crippen LogP contribution >= 0.6 is 15.8 Å². The van der Waals surface area contributed by atoms with E-state index >= 15 is 0 Å². The fourth-order valence-corrected chi connectivity index (χ4v) is 13.3. The van der Waals surface area contributed by atoms with Crippen LogP contribution in [0.25, 0.3) is 0 Å². The van der Waals surface area contributed by atoms with Gasteiger partial charge >= 0.3 is 19.5 Å². The molecule has 2 unspecified atom stereocenters. The van der Waals surface area contributed by atoms with Gasteiger partial charge in [0.15, 0.2) is 0 Å². The van der Waals surface area contributed by atoms with Crippen LogP contribution in [0.2, 0.25) is 0 Å². The molecule has 0 N–H and O–H groups in total. The largest absolute Gasteiger partial charge is 2.00 e. The minimum atomic E-state index is -0.475. The van der Waals surface area contributed by atoms with Crippen LogP contribution in [0.3, 0.4) is 0 Å². The van der Waals surface area contributed by atoms with Crippen LogP contribution in [0.4, 0.5) is 0 Å². The predicted molar refractivity (Wildman–Crippen MR) is 290 cm³/mol. The van der Waals surface area contributed by atoms with Gasteiger partial charge < -0.3 is 12.3 Å². The van der Waals surface area contributed by atoms with Crippen molar-refractivity contribution in [1.29, 1.82) is 0 Å². The number of benzene rings is 8. The first-order valence-electron chi connectivity index (χ1n) is 23.1. The third-order valence-corrected chi connectivity index (χ3v) is 16.9. The average Bonchev–Trinajstić information content (AvgIpc) is 3.90. The Morgan fingerprint density at radius 3 is 0.925 bits per heavy atom. The third kappa shape index (κ3) is 14.3. The Balaban J connectivity index is 0.000000151. The van der Waals surface area contributed by atoms with Crippen molar-refractivity contribution >= 4 is 47.7 Å². The van der Waals surface area contributed by atoms with E-state index in [1.807, 2.05) is 42.5 Å². The van der Waals surface area contributed by atoms with Crippen molar-refractivity contribution in [1.82, 2.24) is 0 Å². The van der Waals surface area contributed by atoms with E-state index < -0.39 is 21.3 Å². The van der Waals surface area contributed by atoms with Crippen LogP contribution < -0.4 is 31.8 Å². The molecular formula is C64H59P2Ru+. The van der Waals surface area contributed by atoms with Crippen LogP contribution in [-0.4, -0.2) is 0 Å². The number of hydrogen-bond donors (Lipinski definition) is 0. The molecule has 0 saturated heterocycles. The molecule has 0 bridgehead atoms. The molecule has 0 heterocycles. The van der Waals surface area contributed by atoms with E-state index in [2.05, 4.69) is 243 Å². The van der Waals surface area contributed by atoms with Crippen LogP contribution in [0.15, 0.2) is 280 Å². The van der Waals surface area contributed by atoms with E-state index in [1.165, 1.54) is 51.1 Å². The van der Waals surface area contributed by atoms with Gasteiger partial charge in [-0.3, -0.25) is 0 Å². The Labute approximate surface area is 416 Å². The molecule has 8 aromatic carbocycles. The molecular weight excluding hydrogens is 932 g/mol. The van der Waals surface area contributed by atoms with Crippen molar-refractivity contribution in [3.8, 4) is 5.92 Å². The first-order valence-corrected chi connectivity index (χ1v) is 25.8. The molecule has 0 aromatic heterocycles. The van der Waals surface area contributed by atoms with Gasteiger partial charge in [0.1, 0.15) is 0 Å². The number of allylic oxidation sites excluding steroid dienone is 5. The molecule has 0 radical (unpaired) electrons. The molecule has 0 nitrogen and oxygen atoms in total. The van der Waals surface area contributed by atoms with Crippen molar-refractivity contribution in [2.24, 2.45) is 11.8 Å². The van der Waals surface area contributed by atoms with Crippen molar-refractivity contribution in [2.75, 3.05) is 0 Å². The zero-order valence-corrected chi connectivity index (χ0v) is 41.7. The van der Waals surface area contributed by atoms with Gasteiger partial charge in [-0.05, 0) is 96.3 Å². The zero-order chi connectivity index (χ0) is 45.5. The van der Waals surface area contributed by atoms with E-state index in [0.717, 1.165) is 35.8 Å². The molecule has 332 valence electrons. The van der Waals surface area contributed by atoms with Gasteiger partial charge in [0.2, 0.25) is 0 Å². The molecule has 1 saturated carbocycles. The Hall–Kier alpha value is -5.98. The zero-order valence-electron chi connectivity index (χ0n) is 38.1. The Morgan fingerprint density at radius 2 is 0.687 bits per heavy atom. The van der Waals surface area contributed by atoms with Crippen molar-refractivity contribution in [2.45, 2.75) is 37.5 Å². The second-order valence-electron chi connectivity index (χ2n) is 16.3. The maximum atomic E-state index is 7.88. The standard InChI is InChI=1S/C19H17.2C18H15P.C9H12.Ru/c1-3-5-16-19(4-2,17-12-8-6-9-13-17)18-14-10-7-11-15-18;2*1-4-10-16(11-5-1)19(17-12-6-2-7-13-17)18-14-8-3-9-15-18;1-2-5-9-7-3-6-8(9)4-1;/h3,6-15H,1,5,16H2;2*1-15H;1-2,4-5,8-9H,3,6-7H2;/q-1;;;;+2. The summed E-state index contributed by atoms with van der Waals surface area (Å²) < 4.78 is 0. The molecule has 8 aromatic rings. The fraction of sp³-hybridized carbons (Fsp3) is 0.125. The van der Waals surface area contributed by atoms with E-state index in [4.69, 9.17) is 6.42 Å². The maximum Gasteiger partial charge on any atom is 2.00 e. The van der Waals surface area contributed by atoms with E-state index in [9.17, 15) is 0 Å². The van der Waals surface area contributed by atoms with Gasteiger partial charge in [0, 0.05) is 5.41 Å². The van der Waals surface area contributed by atoms with E-state index in [-0.39, 0.29) is 19.5 Å². The number of fused-ring (bicyclic) bond motifs is 1. The quantitative estimate of drug-likeness (QED) is 0.0398. The maximum absolute atomic E-state index is 7.88. The average molecular weight is 991 g/mol. The summed E-state index contributed by atoms with van der Waals surface area (Å²) >= 11 is 0. The molecule has 0 spiro atoms. The van der Waals surface area contributed by atoms with Gasteiger partial charge in [-0.15, -0.1) is 6.58 Å². The van der Waals surface area contributed by atoms with E-state index in [0.29, 0.717) is 0 Å². The summed E-state index contributed by atoms with van der Waals surface area (Å²) in [7, 11) is -0.892. The molecule has 2 aliphatic rings. The minimum absolute atomic E-state index is 0. The van der Waals surface area contributed by atoms with Gasteiger partial charge in [0.25, 0.3) is 0 Å². The Bertz CT molecular complexity index is 2320. The molecule has 67 heavy (non-hydrogen) atoms. The second-order valence-corrected chi connectivity index (χ2v) is 20.7. The van der Waals surface area contributed by atoms with Gasteiger partial charge in [0.05, 0.1) is 0 Å². The molecule has 2 aliphatic carbocycles. The third-order valence-electron chi connectivity index (χ3n) is 12.0. The monoisotopic (exact) mass is 991 g/mol. The van der Waals surface area contributed by atoms with Crippen molar-refractivity contribution in [3.05, 3.63) is 297 Å². The summed E-state index contributed by atoms with van der Waals surface area (Å²) in [5, 5.41) is 8.39. The summed E-state index contributed by atoms with van der Waals surface area (Å²) in [6.45, 7) is 3.80. The topological polar surface area (TPSA) is 0 Å². The SMILES string of the molecule is C1=CC2CCCC2C=C1.[C-]#CC(CCC=C)(c1ccccc1)c1ccccc1.[Ru+2].c1ccc(P(c2ccccc2)c2ccccc2)cc1.c1ccc(P(c2ccccc2)c2ccccc2)cc1. The Morgan fingerprint density at radius 1 is 0.433 bits per heavy atom. The first-order chi connectivity index (χ1) is 32.7. The molecule has 2 atom stereocenters. The number of rotatable bonds is 11. The van der Waals surface area contributed by atoms with Gasteiger partial charge in [-0.2, -0.15) is 0 Å². The van der Waals surface area contributed by atoms with E-state index in [1.54, 1.807) is 0 Å². The fourth-order valence-electron chi connectivity index (χ4n) is 8.69. The Kier molecular flexibility index (Phi) is 20.8. The summed E-state index contributed by atoms with van der Waals surface area (Å²) in [5.41, 5.74) is 1.74.